The molecule has 2 heterocycles. The van der Waals surface area contributed by atoms with Crippen LogP contribution < -0.4 is 0 Å². The zero-order valence-corrected chi connectivity index (χ0v) is 27.1. The molecule has 0 aromatic rings. The van der Waals surface area contributed by atoms with Crippen molar-refractivity contribution in [1.82, 2.24) is 4.90 Å². The quantitative estimate of drug-likeness (QED) is 0.181. The molecule has 218 valence electrons. The van der Waals surface area contributed by atoms with Gasteiger partial charge in [0.25, 0.3) is 0 Å². The zero-order chi connectivity index (χ0) is 29.4. The van der Waals surface area contributed by atoms with Gasteiger partial charge in [-0.05, 0) is 43.2 Å². The molecule has 6 atom stereocenters. The third-order valence-electron chi connectivity index (χ3n) is 8.67. The highest BCUT2D eigenvalue weighted by molar-refractivity contribution is 6.74. The summed E-state index contributed by atoms with van der Waals surface area (Å²) in [5, 5.41) is 10.6. The molecule has 38 heavy (non-hydrogen) atoms. The molecule has 2 fully saturated rings. The van der Waals surface area contributed by atoms with Gasteiger partial charge in [0, 0.05) is 6.42 Å². The van der Waals surface area contributed by atoms with E-state index in [1.54, 1.807) is 0 Å². The van der Waals surface area contributed by atoms with Gasteiger partial charge in [0.1, 0.15) is 18.8 Å². The maximum Gasteiger partial charge on any atom is 0.356 e. The summed E-state index contributed by atoms with van der Waals surface area (Å²) in [7, 11) is -4.55. The topological polar surface area (TPSA) is 112 Å². The van der Waals surface area contributed by atoms with Gasteiger partial charge >= 0.3 is 5.97 Å². The second-order valence-corrected chi connectivity index (χ2v) is 23.0. The number of nitrogens with zero attached hydrogens (tertiary/aromatic N) is 1. The van der Waals surface area contributed by atoms with Gasteiger partial charge in [-0.25, -0.2) is 4.79 Å². The molecular formula is C27H49NO8Si2. The van der Waals surface area contributed by atoms with E-state index in [0.717, 1.165) is 4.90 Å². The van der Waals surface area contributed by atoms with Crippen LogP contribution >= 0.6 is 0 Å². The standard InChI is InChI=1S/C27H49NO8Si2/c1-13-15-34-25(32)24(31)28-20(19(23(28)30)17(2)35-37(9,10)26(3,4)5)22-21(29)18(14-16-33-22)36-38(11,12)27(6,7)8/h13,17-20,22,24,31H,1,14-16H2,2-12H3/t17-,18+,19-,20+,22-,24?/m1/s1. The zero-order valence-electron chi connectivity index (χ0n) is 25.1. The van der Waals surface area contributed by atoms with Crippen LogP contribution in [0.15, 0.2) is 12.7 Å². The van der Waals surface area contributed by atoms with Crippen LogP contribution in [0.1, 0.15) is 54.9 Å². The summed E-state index contributed by atoms with van der Waals surface area (Å²) in [4.78, 5) is 40.7. The molecular weight excluding hydrogens is 522 g/mol. The number of hydrogen-bond acceptors (Lipinski definition) is 8. The summed E-state index contributed by atoms with van der Waals surface area (Å²) < 4.78 is 23.9. The molecule has 11 heteroatoms. The van der Waals surface area contributed by atoms with Gasteiger partial charge in [-0.1, -0.05) is 54.2 Å². The number of likely N-dealkylation sites (tertiary alicyclic amines) is 1. The summed E-state index contributed by atoms with van der Waals surface area (Å²) in [6.45, 7) is 26.4. The number of β-lactam (4-membered cyclic amide) rings is 1. The number of hydrogen-bond donors (Lipinski definition) is 1. The smallest absolute Gasteiger partial charge is 0.356 e. The minimum atomic E-state index is -2.28. The minimum Gasteiger partial charge on any atom is -0.458 e. The van der Waals surface area contributed by atoms with Gasteiger partial charge in [0.15, 0.2) is 22.4 Å². The van der Waals surface area contributed by atoms with Gasteiger partial charge in [-0.2, -0.15) is 0 Å². The van der Waals surface area contributed by atoms with Crippen LogP contribution in [0.3, 0.4) is 0 Å². The van der Waals surface area contributed by atoms with Crippen molar-refractivity contribution in [2.45, 2.75) is 122 Å². The lowest BCUT2D eigenvalue weighted by Gasteiger charge is -2.55. The van der Waals surface area contributed by atoms with Gasteiger partial charge in [0.05, 0.1) is 24.7 Å². The maximum absolute atomic E-state index is 13.8. The fraction of sp³-hybridized carbons (Fsp3) is 0.815. The Morgan fingerprint density at radius 3 is 2.18 bits per heavy atom. The largest absolute Gasteiger partial charge is 0.458 e. The maximum atomic E-state index is 13.8. The van der Waals surface area contributed by atoms with Crippen molar-refractivity contribution in [2.24, 2.45) is 5.92 Å². The van der Waals surface area contributed by atoms with E-state index in [0.29, 0.717) is 6.42 Å². The lowest BCUT2D eigenvalue weighted by Crippen LogP contribution is -2.75. The predicted molar refractivity (Wildman–Crippen MR) is 150 cm³/mol. The number of rotatable bonds is 10. The Bertz CT molecular complexity index is 908. The third kappa shape index (κ3) is 6.67. The van der Waals surface area contributed by atoms with E-state index in [4.69, 9.17) is 18.3 Å². The summed E-state index contributed by atoms with van der Waals surface area (Å²) in [5.41, 5.74) is 0. The lowest BCUT2D eigenvalue weighted by atomic mass is 9.77. The van der Waals surface area contributed by atoms with Crippen LogP contribution in [0.25, 0.3) is 0 Å². The second-order valence-electron chi connectivity index (χ2n) is 13.5. The number of aliphatic hydroxyl groups excluding tert-OH is 1. The van der Waals surface area contributed by atoms with Crippen LogP contribution in [0, 0.1) is 5.92 Å². The Morgan fingerprint density at radius 2 is 1.68 bits per heavy atom. The number of ketones is 1. The molecule has 0 aliphatic carbocycles. The Balaban J connectivity index is 2.41. The van der Waals surface area contributed by atoms with Gasteiger partial charge in [-0.15, -0.1) is 0 Å². The summed E-state index contributed by atoms with van der Waals surface area (Å²) in [5.74, 6) is -2.52. The van der Waals surface area contributed by atoms with Crippen LogP contribution in [0.4, 0.5) is 0 Å². The molecule has 0 aromatic heterocycles. The Kier molecular flexibility index (Phi) is 10.0. The minimum absolute atomic E-state index is 0.0985. The Hall–Kier alpha value is -1.38. The van der Waals surface area contributed by atoms with Crippen molar-refractivity contribution < 1.29 is 37.8 Å². The Morgan fingerprint density at radius 1 is 1.13 bits per heavy atom. The highest BCUT2D eigenvalue weighted by Crippen LogP contribution is 2.43. The molecule has 1 unspecified atom stereocenters. The SMILES string of the molecule is C=CCOC(=O)C(O)N1C(=O)[C@H]([C@@H](C)O[Si](C)(C)C(C)(C)C)[C@H]1[C@H]1OCC[C@H](O[Si](C)(C)C(C)(C)C)C1=O. The first-order chi connectivity index (χ1) is 17.2. The lowest BCUT2D eigenvalue weighted by molar-refractivity contribution is -0.212. The first-order valence-electron chi connectivity index (χ1n) is 13.5. The first-order valence-corrected chi connectivity index (χ1v) is 19.3. The molecule has 0 bridgehead atoms. The molecule has 2 aliphatic heterocycles. The third-order valence-corrected chi connectivity index (χ3v) is 17.7. The van der Waals surface area contributed by atoms with E-state index in [1.807, 2.05) is 6.92 Å². The summed E-state index contributed by atoms with van der Waals surface area (Å²) >= 11 is 0. The number of carbonyl (C=O) groups excluding carboxylic acids is 3. The molecule has 0 radical (unpaired) electrons. The van der Waals surface area contributed by atoms with Crippen molar-refractivity contribution in [3.8, 4) is 0 Å². The molecule has 2 aliphatic rings. The highest BCUT2D eigenvalue weighted by Gasteiger charge is 2.61. The summed E-state index contributed by atoms with van der Waals surface area (Å²) in [6, 6.07) is -0.896. The Labute approximate surface area is 230 Å². The number of aliphatic hydroxyl groups is 1. The van der Waals surface area contributed by atoms with Crippen molar-refractivity contribution >= 4 is 34.3 Å². The fourth-order valence-electron chi connectivity index (χ4n) is 4.32. The van der Waals surface area contributed by atoms with Gasteiger partial charge in [-0.3, -0.25) is 9.59 Å². The van der Waals surface area contributed by atoms with Crippen molar-refractivity contribution in [2.75, 3.05) is 13.2 Å². The fourth-order valence-corrected chi connectivity index (χ4v) is 7.05. The molecule has 9 nitrogen and oxygen atoms in total. The van der Waals surface area contributed by atoms with Crippen LogP contribution in [0.5, 0.6) is 0 Å². The van der Waals surface area contributed by atoms with E-state index < -0.39 is 65.0 Å². The number of carbonyl (C=O) groups is 3. The molecule has 0 saturated carbocycles. The molecule has 2 saturated heterocycles. The number of ether oxygens (including phenoxy) is 2. The second kappa shape index (κ2) is 11.6. The number of Topliss-reactive ketones (excluding diaryl/α,β-unsaturated/α-hetero) is 1. The van der Waals surface area contributed by atoms with E-state index in [2.05, 4.69) is 74.3 Å². The van der Waals surface area contributed by atoms with Crippen LogP contribution in [0.2, 0.25) is 36.3 Å². The van der Waals surface area contributed by atoms with E-state index in [1.165, 1.54) is 6.08 Å². The van der Waals surface area contributed by atoms with E-state index in [-0.39, 0.29) is 29.1 Å². The molecule has 0 aromatic carbocycles. The van der Waals surface area contributed by atoms with Crippen LogP contribution in [-0.2, 0) is 32.7 Å². The average molecular weight is 572 g/mol. The van der Waals surface area contributed by atoms with Crippen LogP contribution in [-0.4, -0.2) is 88.1 Å². The van der Waals surface area contributed by atoms with Crippen molar-refractivity contribution in [1.29, 1.82) is 0 Å². The van der Waals surface area contributed by atoms with E-state index >= 15 is 0 Å². The normalized spacial score (nSPS) is 27.0. The molecule has 0 spiro atoms. The van der Waals surface area contributed by atoms with Crippen molar-refractivity contribution in [3.63, 3.8) is 0 Å². The molecule has 1 amide bonds. The number of amides is 1. The van der Waals surface area contributed by atoms with Gasteiger partial charge in [0.2, 0.25) is 12.1 Å². The first kappa shape index (κ1) is 32.8. The predicted octanol–water partition coefficient (Wildman–Crippen LogP) is 4.02. The van der Waals surface area contributed by atoms with Crippen molar-refractivity contribution in [3.05, 3.63) is 12.7 Å². The monoisotopic (exact) mass is 571 g/mol. The molecule has 1 N–H and O–H groups in total. The highest BCUT2D eigenvalue weighted by atomic mass is 28.4. The number of esters is 1. The van der Waals surface area contributed by atoms with Gasteiger partial charge < -0.3 is 28.3 Å². The summed E-state index contributed by atoms with van der Waals surface area (Å²) in [6.07, 6.45) is -2.40. The molecule has 2 rings (SSSR count). The van der Waals surface area contributed by atoms with E-state index in [9.17, 15) is 19.5 Å². The average Bonchev–Trinajstić information content (AvgIpc) is 2.75.